The van der Waals surface area contributed by atoms with Crippen molar-refractivity contribution < 1.29 is 24.2 Å². The van der Waals surface area contributed by atoms with Crippen LogP contribution in [0.2, 0.25) is 0 Å². The van der Waals surface area contributed by atoms with Gasteiger partial charge in [0.2, 0.25) is 11.8 Å². The fourth-order valence-electron chi connectivity index (χ4n) is 4.37. The first-order valence-electron chi connectivity index (χ1n) is 11.9. The number of benzene rings is 1. The lowest BCUT2D eigenvalue weighted by Crippen LogP contribution is -2.51. The van der Waals surface area contributed by atoms with Gasteiger partial charge in [-0.1, -0.05) is 36.4 Å². The first-order chi connectivity index (χ1) is 15.8. The van der Waals surface area contributed by atoms with Crippen LogP contribution in [-0.4, -0.2) is 52.6 Å². The van der Waals surface area contributed by atoms with Crippen molar-refractivity contribution in [1.82, 2.24) is 10.2 Å². The summed E-state index contributed by atoms with van der Waals surface area (Å²) in [5.41, 5.74) is 1.49. The minimum absolute atomic E-state index is 0.0602. The monoisotopic (exact) mass is 456 g/mol. The molecule has 7 nitrogen and oxygen atoms in total. The molecule has 1 aromatic carbocycles. The number of carbonyl (C=O) groups is 3. The summed E-state index contributed by atoms with van der Waals surface area (Å²) in [6.07, 6.45) is 7.92. The molecule has 2 aliphatic rings. The van der Waals surface area contributed by atoms with Crippen molar-refractivity contribution in [2.24, 2.45) is 5.92 Å². The number of nitrogens with one attached hydrogen (secondary N) is 1. The molecule has 0 radical (unpaired) electrons. The minimum atomic E-state index is -0.737. The second-order valence-corrected chi connectivity index (χ2v) is 9.72. The molecule has 33 heavy (non-hydrogen) atoms. The summed E-state index contributed by atoms with van der Waals surface area (Å²) in [4.78, 5) is 40.1. The largest absolute Gasteiger partial charge is 0.463 e. The molecule has 2 atom stereocenters. The van der Waals surface area contributed by atoms with Crippen LogP contribution in [0.15, 0.2) is 36.4 Å². The van der Waals surface area contributed by atoms with Crippen LogP contribution < -0.4 is 5.32 Å². The van der Waals surface area contributed by atoms with E-state index >= 15 is 0 Å². The van der Waals surface area contributed by atoms with E-state index < -0.39 is 11.5 Å². The van der Waals surface area contributed by atoms with Gasteiger partial charge < -0.3 is 20.1 Å². The smallest absolute Gasteiger partial charge is 0.305 e. The third kappa shape index (κ3) is 7.16. The van der Waals surface area contributed by atoms with Crippen molar-refractivity contribution in [3.05, 3.63) is 47.5 Å². The van der Waals surface area contributed by atoms with Gasteiger partial charge in [-0.2, -0.15) is 0 Å². The molecule has 3 rings (SSSR count). The van der Waals surface area contributed by atoms with Gasteiger partial charge in [0.1, 0.15) is 6.61 Å². The number of nitrogens with zero attached hydrogens (tertiary/aromatic N) is 1. The lowest BCUT2D eigenvalue weighted by molar-refractivity contribution is -0.147. The molecule has 0 spiro atoms. The Morgan fingerprint density at radius 2 is 1.94 bits per heavy atom. The topological polar surface area (TPSA) is 95.9 Å². The third-order valence-corrected chi connectivity index (χ3v) is 6.32. The molecule has 0 aliphatic carbocycles. The SMILES string of the molecule is CC1(C)COC(=O)CCCCC=CCC(CC(=O)N2Cc3ccccc3CC2CO)C(=O)N1. The van der Waals surface area contributed by atoms with Gasteiger partial charge in [0.15, 0.2) is 0 Å². The summed E-state index contributed by atoms with van der Waals surface area (Å²) in [5, 5.41) is 12.9. The Labute approximate surface area is 196 Å². The summed E-state index contributed by atoms with van der Waals surface area (Å²) < 4.78 is 5.35. The number of allylic oxidation sites excluding steroid dienone is 2. The number of amides is 2. The molecular formula is C26H36N2O5. The zero-order chi connectivity index (χ0) is 23.8. The maximum Gasteiger partial charge on any atom is 0.305 e. The average Bonchev–Trinajstić information content (AvgIpc) is 2.79. The highest BCUT2D eigenvalue weighted by molar-refractivity contribution is 5.86. The third-order valence-electron chi connectivity index (χ3n) is 6.32. The molecule has 0 fully saturated rings. The Morgan fingerprint density at radius 1 is 1.18 bits per heavy atom. The number of esters is 1. The van der Waals surface area contributed by atoms with E-state index in [4.69, 9.17) is 4.74 Å². The predicted molar refractivity (Wildman–Crippen MR) is 125 cm³/mol. The van der Waals surface area contributed by atoms with Gasteiger partial charge in [-0.25, -0.2) is 0 Å². The van der Waals surface area contributed by atoms with Crippen LogP contribution in [0.5, 0.6) is 0 Å². The Hall–Kier alpha value is -2.67. The average molecular weight is 457 g/mol. The second kappa shape index (κ2) is 11.5. The molecule has 2 aliphatic heterocycles. The molecule has 0 saturated carbocycles. The van der Waals surface area contributed by atoms with E-state index in [-0.39, 0.29) is 43.5 Å². The van der Waals surface area contributed by atoms with Crippen LogP contribution >= 0.6 is 0 Å². The van der Waals surface area contributed by atoms with Gasteiger partial charge in [0.05, 0.1) is 24.1 Å². The lowest BCUT2D eigenvalue weighted by Gasteiger charge is -2.37. The summed E-state index contributed by atoms with van der Waals surface area (Å²) in [6, 6.07) is 7.66. The van der Waals surface area contributed by atoms with Gasteiger partial charge in [-0.3, -0.25) is 14.4 Å². The normalized spacial score (nSPS) is 24.3. The molecule has 0 aromatic heterocycles. The van der Waals surface area contributed by atoms with Crippen LogP contribution in [0.3, 0.4) is 0 Å². The molecule has 2 heterocycles. The predicted octanol–water partition coefficient (Wildman–Crippen LogP) is 2.90. The van der Waals surface area contributed by atoms with Crippen molar-refractivity contribution in [3.63, 3.8) is 0 Å². The van der Waals surface area contributed by atoms with E-state index in [9.17, 15) is 19.5 Å². The van der Waals surface area contributed by atoms with Gasteiger partial charge in [0.25, 0.3) is 0 Å². The first-order valence-corrected chi connectivity index (χ1v) is 11.9. The molecule has 2 unspecified atom stereocenters. The van der Waals surface area contributed by atoms with E-state index in [1.807, 2.05) is 50.3 Å². The number of carbonyl (C=O) groups excluding carboxylic acids is 3. The summed E-state index contributed by atoms with van der Waals surface area (Å²) >= 11 is 0. The number of aliphatic hydroxyl groups excluding tert-OH is 1. The zero-order valence-corrected chi connectivity index (χ0v) is 19.7. The summed E-state index contributed by atoms with van der Waals surface area (Å²) in [6.45, 7) is 4.02. The molecule has 2 N–H and O–H groups in total. The standard InChI is InChI=1S/C26H36N2O5/c1-26(2)18-33-24(31)13-7-5-3-4-6-11-20(25(32)27-26)15-23(30)28-16-21-12-9-8-10-19(21)14-22(28)17-29/h4,6,8-10,12,20,22,29H,3,5,7,11,13-18H2,1-2H3,(H,27,32). The Kier molecular flexibility index (Phi) is 8.67. The maximum absolute atomic E-state index is 13.3. The number of hydrogen-bond acceptors (Lipinski definition) is 5. The molecular weight excluding hydrogens is 420 g/mol. The van der Waals surface area contributed by atoms with E-state index in [1.165, 1.54) is 0 Å². The first kappa shape index (κ1) is 25.0. The van der Waals surface area contributed by atoms with Gasteiger partial charge in [0, 0.05) is 19.4 Å². The van der Waals surface area contributed by atoms with Crippen LogP contribution in [0.25, 0.3) is 0 Å². The quantitative estimate of drug-likeness (QED) is 0.539. The van der Waals surface area contributed by atoms with Crippen LogP contribution in [-0.2, 0) is 32.1 Å². The molecule has 1 aromatic rings. The molecule has 180 valence electrons. The highest BCUT2D eigenvalue weighted by Gasteiger charge is 2.33. The number of rotatable bonds is 3. The highest BCUT2D eigenvalue weighted by Crippen LogP contribution is 2.25. The van der Waals surface area contributed by atoms with E-state index in [2.05, 4.69) is 5.32 Å². The number of aliphatic hydroxyl groups is 1. The number of fused-ring (bicyclic) bond motifs is 1. The van der Waals surface area contributed by atoms with Crippen molar-refractivity contribution in [2.45, 2.75) is 76.9 Å². The van der Waals surface area contributed by atoms with Crippen molar-refractivity contribution in [2.75, 3.05) is 13.2 Å². The van der Waals surface area contributed by atoms with Crippen LogP contribution in [0.1, 0.15) is 63.5 Å². The van der Waals surface area contributed by atoms with E-state index in [0.29, 0.717) is 25.8 Å². The second-order valence-electron chi connectivity index (χ2n) is 9.72. The minimum Gasteiger partial charge on any atom is -0.463 e. The summed E-state index contributed by atoms with van der Waals surface area (Å²) in [7, 11) is 0. The van der Waals surface area contributed by atoms with E-state index in [0.717, 1.165) is 30.4 Å². The Morgan fingerprint density at radius 3 is 2.70 bits per heavy atom. The van der Waals surface area contributed by atoms with Gasteiger partial charge >= 0.3 is 5.97 Å². The highest BCUT2D eigenvalue weighted by atomic mass is 16.5. The maximum atomic E-state index is 13.3. The molecule has 2 amide bonds. The van der Waals surface area contributed by atoms with E-state index in [1.54, 1.807) is 4.90 Å². The van der Waals surface area contributed by atoms with Gasteiger partial charge in [-0.05, 0) is 57.1 Å². The lowest BCUT2D eigenvalue weighted by atomic mass is 9.92. The number of ether oxygens (including phenoxy) is 1. The fraction of sp³-hybridized carbons (Fsp3) is 0.577. The summed E-state index contributed by atoms with van der Waals surface area (Å²) in [5.74, 6) is -1.17. The van der Waals surface area contributed by atoms with Gasteiger partial charge in [-0.15, -0.1) is 0 Å². The van der Waals surface area contributed by atoms with Crippen molar-refractivity contribution >= 4 is 17.8 Å². The zero-order valence-electron chi connectivity index (χ0n) is 19.7. The number of hydrogen-bond donors (Lipinski definition) is 2. The Balaban J connectivity index is 1.73. The molecule has 0 bridgehead atoms. The molecule has 0 saturated heterocycles. The van der Waals surface area contributed by atoms with Crippen molar-refractivity contribution in [1.29, 1.82) is 0 Å². The molecule has 7 heteroatoms. The van der Waals surface area contributed by atoms with Crippen LogP contribution in [0, 0.1) is 5.92 Å². The fourth-order valence-corrected chi connectivity index (χ4v) is 4.37. The van der Waals surface area contributed by atoms with Crippen LogP contribution in [0.4, 0.5) is 0 Å². The van der Waals surface area contributed by atoms with Crippen molar-refractivity contribution in [3.8, 4) is 0 Å². The Bertz CT molecular complexity index is 879. The number of cyclic esters (lactones) is 1.